The van der Waals surface area contributed by atoms with Crippen molar-refractivity contribution in [3.63, 3.8) is 0 Å². The summed E-state index contributed by atoms with van der Waals surface area (Å²) in [5, 5.41) is 9.23. The van der Waals surface area contributed by atoms with Gasteiger partial charge in [0.25, 0.3) is 0 Å². The van der Waals surface area contributed by atoms with E-state index in [4.69, 9.17) is 9.47 Å². The van der Waals surface area contributed by atoms with Gasteiger partial charge in [-0.15, -0.1) is 0 Å². The second kappa shape index (κ2) is 7.38. The average molecular weight is 292 g/mol. The SMILES string of the molecule is CCCCOc1ccc(C(O)C(F)(F)F)cc1OCC. The molecular formula is C14H19F3O3. The second-order valence-electron chi connectivity index (χ2n) is 4.29. The number of rotatable bonds is 7. The molecule has 0 saturated carbocycles. The fourth-order valence-electron chi connectivity index (χ4n) is 1.60. The summed E-state index contributed by atoms with van der Waals surface area (Å²) < 4.78 is 48.2. The van der Waals surface area contributed by atoms with Crippen LogP contribution in [0.5, 0.6) is 11.5 Å². The molecule has 114 valence electrons. The Morgan fingerprint density at radius 3 is 2.40 bits per heavy atom. The molecule has 1 rings (SSSR count). The van der Waals surface area contributed by atoms with Gasteiger partial charge in [0.2, 0.25) is 0 Å². The zero-order chi connectivity index (χ0) is 15.2. The molecule has 20 heavy (non-hydrogen) atoms. The zero-order valence-electron chi connectivity index (χ0n) is 11.5. The lowest BCUT2D eigenvalue weighted by Crippen LogP contribution is -2.20. The van der Waals surface area contributed by atoms with Gasteiger partial charge in [-0.2, -0.15) is 13.2 Å². The minimum Gasteiger partial charge on any atom is -0.490 e. The van der Waals surface area contributed by atoms with E-state index in [1.807, 2.05) is 6.92 Å². The zero-order valence-corrected chi connectivity index (χ0v) is 11.5. The third-order valence-corrected chi connectivity index (χ3v) is 2.65. The first-order valence-corrected chi connectivity index (χ1v) is 6.54. The summed E-state index contributed by atoms with van der Waals surface area (Å²) in [6.07, 6.45) is -5.42. The lowest BCUT2D eigenvalue weighted by atomic mass is 10.1. The number of aliphatic hydroxyl groups excluding tert-OH is 1. The summed E-state index contributed by atoms with van der Waals surface area (Å²) in [5.41, 5.74) is -0.260. The van der Waals surface area contributed by atoms with E-state index in [9.17, 15) is 18.3 Å². The highest BCUT2D eigenvalue weighted by Gasteiger charge is 2.39. The van der Waals surface area contributed by atoms with Gasteiger partial charge in [0.1, 0.15) is 0 Å². The quantitative estimate of drug-likeness (QED) is 0.776. The van der Waals surface area contributed by atoms with Crippen LogP contribution in [0.15, 0.2) is 18.2 Å². The lowest BCUT2D eigenvalue weighted by molar-refractivity contribution is -0.206. The van der Waals surface area contributed by atoms with Gasteiger partial charge in [0, 0.05) is 0 Å². The molecule has 1 atom stereocenters. The van der Waals surface area contributed by atoms with Gasteiger partial charge in [0.15, 0.2) is 17.6 Å². The largest absolute Gasteiger partial charge is 0.490 e. The van der Waals surface area contributed by atoms with E-state index in [1.165, 1.54) is 18.2 Å². The maximum atomic E-state index is 12.5. The fourth-order valence-corrected chi connectivity index (χ4v) is 1.60. The average Bonchev–Trinajstić information content (AvgIpc) is 2.39. The van der Waals surface area contributed by atoms with E-state index in [1.54, 1.807) is 6.92 Å². The van der Waals surface area contributed by atoms with E-state index >= 15 is 0 Å². The number of unbranched alkanes of at least 4 members (excludes halogenated alkanes) is 1. The number of hydrogen-bond donors (Lipinski definition) is 1. The molecule has 0 amide bonds. The third kappa shape index (κ3) is 4.59. The molecular weight excluding hydrogens is 273 g/mol. The smallest absolute Gasteiger partial charge is 0.418 e. The maximum Gasteiger partial charge on any atom is 0.418 e. The topological polar surface area (TPSA) is 38.7 Å². The van der Waals surface area contributed by atoms with Crippen molar-refractivity contribution in [1.29, 1.82) is 0 Å². The van der Waals surface area contributed by atoms with Crippen LogP contribution < -0.4 is 9.47 Å². The molecule has 0 aliphatic carbocycles. The summed E-state index contributed by atoms with van der Waals surface area (Å²) >= 11 is 0. The van der Waals surface area contributed by atoms with Crippen LogP contribution in [0.1, 0.15) is 38.4 Å². The molecule has 0 bridgehead atoms. The molecule has 3 nitrogen and oxygen atoms in total. The second-order valence-corrected chi connectivity index (χ2v) is 4.29. The number of aliphatic hydroxyl groups is 1. The minimum absolute atomic E-state index is 0.212. The number of halogens is 3. The van der Waals surface area contributed by atoms with E-state index in [0.29, 0.717) is 19.0 Å². The number of alkyl halides is 3. The van der Waals surface area contributed by atoms with Crippen LogP contribution in [0, 0.1) is 0 Å². The highest BCUT2D eigenvalue weighted by atomic mass is 19.4. The normalized spacial score (nSPS) is 13.1. The van der Waals surface area contributed by atoms with E-state index in [-0.39, 0.29) is 11.3 Å². The van der Waals surface area contributed by atoms with Crippen LogP contribution in [0.3, 0.4) is 0 Å². The van der Waals surface area contributed by atoms with Crippen molar-refractivity contribution in [3.05, 3.63) is 23.8 Å². The van der Waals surface area contributed by atoms with Gasteiger partial charge in [-0.1, -0.05) is 19.4 Å². The Bertz CT molecular complexity index is 419. The molecule has 0 aliphatic heterocycles. The van der Waals surface area contributed by atoms with Crippen molar-refractivity contribution < 1.29 is 27.8 Å². The van der Waals surface area contributed by atoms with Crippen LogP contribution in [-0.4, -0.2) is 24.5 Å². The Labute approximate surface area is 116 Å². The molecule has 0 aromatic heterocycles. The van der Waals surface area contributed by atoms with Crippen molar-refractivity contribution in [1.82, 2.24) is 0 Å². The lowest BCUT2D eigenvalue weighted by Gasteiger charge is -2.17. The van der Waals surface area contributed by atoms with E-state index < -0.39 is 12.3 Å². The Morgan fingerprint density at radius 1 is 1.15 bits per heavy atom. The van der Waals surface area contributed by atoms with E-state index in [0.717, 1.165) is 12.8 Å². The Balaban J connectivity index is 2.94. The molecule has 1 aromatic rings. The summed E-state index contributed by atoms with van der Waals surface area (Å²) in [4.78, 5) is 0. The highest BCUT2D eigenvalue weighted by Crippen LogP contribution is 2.37. The Morgan fingerprint density at radius 2 is 1.85 bits per heavy atom. The molecule has 1 N–H and O–H groups in total. The summed E-state index contributed by atoms with van der Waals surface area (Å²) in [5.74, 6) is 0.600. The minimum atomic E-state index is -4.70. The molecule has 0 radical (unpaired) electrons. The Hall–Kier alpha value is -1.43. The maximum absolute atomic E-state index is 12.5. The van der Waals surface area contributed by atoms with Crippen LogP contribution >= 0.6 is 0 Å². The number of ether oxygens (including phenoxy) is 2. The van der Waals surface area contributed by atoms with Crippen LogP contribution in [0.2, 0.25) is 0 Å². The van der Waals surface area contributed by atoms with Gasteiger partial charge in [-0.25, -0.2) is 0 Å². The Kier molecular flexibility index (Phi) is 6.13. The first-order chi connectivity index (χ1) is 9.40. The molecule has 0 fully saturated rings. The summed E-state index contributed by atoms with van der Waals surface area (Å²) in [7, 11) is 0. The van der Waals surface area contributed by atoms with Crippen LogP contribution in [0.4, 0.5) is 13.2 Å². The van der Waals surface area contributed by atoms with E-state index in [2.05, 4.69) is 0 Å². The van der Waals surface area contributed by atoms with Crippen molar-refractivity contribution in [2.24, 2.45) is 0 Å². The molecule has 1 unspecified atom stereocenters. The van der Waals surface area contributed by atoms with Gasteiger partial charge in [0.05, 0.1) is 13.2 Å². The first-order valence-electron chi connectivity index (χ1n) is 6.54. The molecule has 0 spiro atoms. The third-order valence-electron chi connectivity index (χ3n) is 2.65. The first kappa shape index (κ1) is 16.6. The molecule has 6 heteroatoms. The van der Waals surface area contributed by atoms with Crippen molar-refractivity contribution in [2.75, 3.05) is 13.2 Å². The van der Waals surface area contributed by atoms with Crippen LogP contribution in [-0.2, 0) is 0 Å². The molecule has 0 heterocycles. The predicted molar refractivity (Wildman–Crippen MR) is 69.0 cm³/mol. The molecule has 0 aliphatic rings. The summed E-state index contributed by atoms with van der Waals surface area (Å²) in [6.45, 7) is 4.51. The monoisotopic (exact) mass is 292 g/mol. The van der Waals surface area contributed by atoms with Crippen LogP contribution in [0.25, 0.3) is 0 Å². The number of benzene rings is 1. The van der Waals surface area contributed by atoms with Crippen molar-refractivity contribution in [2.45, 2.75) is 39.0 Å². The highest BCUT2D eigenvalue weighted by molar-refractivity contribution is 5.43. The van der Waals surface area contributed by atoms with Gasteiger partial charge < -0.3 is 14.6 Å². The number of hydrogen-bond acceptors (Lipinski definition) is 3. The van der Waals surface area contributed by atoms with Gasteiger partial charge in [-0.05, 0) is 31.0 Å². The van der Waals surface area contributed by atoms with Crippen molar-refractivity contribution >= 4 is 0 Å². The van der Waals surface area contributed by atoms with Gasteiger partial charge in [-0.3, -0.25) is 0 Å². The van der Waals surface area contributed by atoms with Crippen molar-refractivity contribution in [3.8, 4) is 11.5 Å². The summed E-state index contributed by atoms with van der Waals surface area (Å²) in [6, 6.07) is 3.76. The standard InChI is InChI=1S/C14H19F3O3/c1-3-5-8-20-11-7-6-10(9-12(11)19-4-2)13(18)14(15,16)17/h6-7,9,13,18H,3-5,8H2,1-2H3. The molecule has 1 aromatic carbocycles. The molecule has 0 saturated heterocycles. The van der Waals surface area contributed by atoms with Gasteiger partial charge >= 0.3 is 6.18 Å². The predicted octanol–water partition coefficient (Wildman–Crippen LogP) is 3.86. The fraction of sp³-hybridized carbons (Fsp3) is 0.571.